The Kier molecular flexibility index (Phi) is 149. The van der Waals surface area contributed by atoms with E-state index in [4.69, 9.17) is 14.2 Å². The summed E-state index contributed by atoms with van der Waals surface area (Å²) in [5.41, 5.74) is 0. The van der Waals surface area contributed by atoms with Crippen LogP contribution in [0.5, 0.6) is 0 Å². The molecule has 0 radical (unpaired) electrons. The van der Waals surface area contributed by atoms with Crippen LogP contribution in [-0.4, -0.2) is 224 Å². The fourth-order valence-corrected chi connectivity index (χ4v) is 8.51. The molecule has 20 nitrogen and oxygen atoms in total. The molecule has 1 atom stereocenters. The first-order valence-electron chi connectivity index (χ1n) is 38.4. The van der Waals surface area contributed by atoms with Gasteiger partial charge in [-0.2, -0.15) is 23.5 Å². The molecule has 12 N–H and O–H groups in total. The maximum Gasteiger partial charge on any atom is 0.409 e. The molecule has 22 heteroatoms. The minimum Gasteiger partial charge on any atom is -0.448 e. The smallest absolute Gasteiger partial charge is 0.409 e. The lowest BCUT2D eigenvalue weighted by molar-refractivity contribution is -0.0221. The zero-order chi connectivity index (χ0) is 73.1. The van der Waals surface area contributed by atoms with Gasteiger partial charge in [0.05, 0.1) is 46.2 Å². The molecule has 13 rings (SSSR count). The summed E-state index contributed by atoms with van der Waals surface area (Å²) in [5, 5.41) is 37.1. The summed E-state index contributed by atoms with van der Waals surface area (Å²) in [6.45, 7) is 71.1. The molecular formula is C72H169N13O7S2. The fourth-order valence-electron chi connectivity index (χ4n) is 6.71. The van der Waals surface area contributed by atoms with Crippen LogP contribution in [0.15, 0.2) is 24.7 Å². The fraction of sp³-hybridized carbons (Fsp3) is 0.917. The quantitative estimate of drug-likeness (QED) is 0.108. The maximum absolute atomic E-state index is 10.3. The second-order valence-corrected chi connectivity index (χ2v) is 21.0. The number of piperazine rings is 1. The zero-order valence-corrected chi connectivity index (χ0v) is 68.2. The number of rotatable bonds is 0. The number of allylic oxidation sites excluding steroid dienone is 1. The van der Waals surface area contributed by atoms with Crippen LogP contribution in [0.3, 0.4) is 0 Å². The lowest BCUT2D eigenvalue weighted by Crippen LogP contribution is -2.39. The molecule has 0 aromatic carbocycles. The van der Waals surface area contributed by atoms with Crippen molar-refractivity contribution in [1.29, 1.82) is 0 Å². The van der Waals surface area contributed by atoms with Gasteiger partial charge < -0.3 is 92.4 Å². The lowest BCUT2D eigenvalue weighted by Gasteiger charge is -2.20. The number of nitrogens with one attached hydrogen (secondary N) is 12. The van der Waals surface area contributed by atoms with Gasteiger partial charge in [-0.05, 0) is 115 Å². The van der Waals surface area contributed by atoms with Crippen LogP contribution in [0, 0.1) is 5.92 Å². The number of hydrogen-bond acceptors (Lipinski definition) is 20. The number of piperidine rings is 1. The largest absolute Gasteiger partial charge is 0.448 e. The number of alkyl carbamates (subject to hydrolysis) is 1. The number of amides is 2. The predicted molar refractivity (Wildman–Crippen MR) is 424 cm³/mol. The molecule has 13 aliphatic rings. The maximum atomic E-state index is 10.3. The van der Waals surface area contributed by atoms with Crippen LogP contribution in [0.25, 0.3) is 0 Å². The Morgan fingerprint density at radius 2 is 0.798 bits per heavy atom. The van der Waals surface area contributed by atoms with Crippen LogP contribution in [-0.2, 0) is 23.7 Å². The Hall–Kier alpha value is -2.32. The second kappa shape index (κ2) is 124. The average Bonchev–Trinajstić information content (AvgIpc) is 4.72. The molecule has 11 fully saturated rings. The van der Waals surface area contributed by atoms with E-state index in [0.717, 1.165) is 124 Å². The first-order chi connectivity index (χ1) is 46.5. The van der Waals surface area contributed by atoms with Crippen LogP contribution in [0.4, 0.5) is 9.59 Å². The lowest BCUT2D eigenvalue weighted by atomic mass is 10.2. The first-order valence-corrected chi connectivity index (χ1v) is 40.7. The monoisotopic (exact) mass is 1390 g/mol. The van der Waals surface area contributed by atoms with Gasteiger partial charge in [0.15, 0.2) is 0 Å². The third-order valence-electron chi connectivity index (χ3n) is 11.3. The van der Waals surface area contributed by atoms with E-state index in [2.05, 4.69) is 98.0 Å². The highest BCUT2D eigenvalue weighted by molar-refractivity contribution is 7.99. The summed E-state index contributed by atoms with van der Waals surface area (Å²) in [4.78, 5) is 21.9. The van der Waals surface area contributed by atoms with Gasteiger partial charge in [-0.25, -0.2) is 9.59 Å². The van der Waals surface area contributed by atoms with Crippen LogP contribution in [0.1, 0.15) is 223 Å². The SMILES string of the molecule is C1=CNCCC1.C1=CNCN1.C1CCNC1.C1CCNCC1.C1CCOC1.C1CCSC1.C1CNCCN1.C1CNCN1.C1COCCN1.C1CSCCN1.CC.CC.CC.CC.CC.CC.CC.CC.CC.CC.CC1CNC(=O)O1.CC1COC1.CN1CCOC1=O. The topological polar surface area (TPSA) is 228 Å². The molecule has 576 valence electrons. The highest BCUT2D eigenvalue weighted by Crippen LogP contribution is 2.14. The van der Waals surface area contributed by atoms with E-state index in [-0.39, 0.29) is 18.3 Å². The van der Waals surface area contributed by atoms with E-state index in [0.29, 0.717) is 13.2 Å². The van der Waals surface area contributed by atoms with Gasteiger partial charge in [0.2, 0.25) is 0 Å². The zero-order valence-electron chi connectivity index (χ0n) is 66.6. The molecule has 0 bridgehead atoms. The van der Waals surface area contributed by atoms with Crippen LogP contribution < -0.4 is 63.8 Å². The van der Waals surface area contributed by atoms with Crippen molar-refractivity contribution in [2.45, 2.75) is 229 Å². The van der Waals surface area contributed by atoms with Gasteiger partial charge in [-0.1, -0.05) is 158 Å². The number of nitrogens with zero attached hydrogens (tertiary/aromatic N) is 1. The Labute approximate surface area is 595 Å². The van der Waals surface area contributed by atoms with Crippen molar-refractivity contribution in [3.05, 3.63) is 24.7 Å². The number of morpholine rings is 1. The number of thioether (sulfide) groups is 2. The Bertz CT molecular complexity index is 1060. The molecule has 0 spiro atoms. The number of ether oxygens (including phenoxy) is 5. The van der Waals surface area contributed by atoms with Gasteiger partial charge >= 0.3 is 12.2 Å². The molecule has 2 amide bonds. The van der Waals surface area contributed by atoms with Crippen molar-refractivity contribution in [3.8, 4) is 0 Å². The van der Waals surface area contributed by atoms with Gasteiger partial charge in [0.25, 0.3) is 0 Å². The summed E-state index contributed by atoms with van der Waals surface area (Å²) in [7, 11) is 1.72. The summed E-state index contributed by atoms with van der Waals surface area (Å²) in [5.74, 6) is 6.29. The van der Waals surface area contributed by atoms with Crippen molar-refractivity contribution in [1.82, 2.24) is 68.7 Å². The van der Waals surface area contributed by atoms with E-state index in [1.807, 2.05) is 176 Å². The Morgan fingerprint density at radius 1 is 0.394 bits per heavy atom. The average molecular weight is 1390 g/mol. The van der Waals surface area contributed by atoms with Gasteiger partial charge in [0, 0.05) is 129 Å². The van der Waals surface area contributed by atoms with Crippen molar-refractivity contribution >= 4 is 35.7 Å². The van der Waals surface area contributed by atoms with Crippen molar-refractivity contribution in [2.75, 3.05) is 201 Å². The molecule has 94 heavy (non-hydrogen) atoms. The minimum atomic E-state index is -0.299. The molecule has 13 aliphatic heterocycles. The van der Waals surface area contributed by atoms with Crippen molar-refractivity contribution < 1.29 is 33.3 Å². The normalized spacial score (nSPS) is 19.1. The molecule has 0 saturated carbocycles. The van der Waals surface area contributed by atoms with E-state index in [1.165, 1.54) is 133 Å². The van der Waals surface area contributed by atoms with Crippen LogP contribution >= 0.6 is 23.5 Å². The third-order valence-corrected chi connectivity index (χ3v) is 13.4. The highest BCUT2D eigenvalue weighted by atomic mass is 32.2. The first kappa shape index (κ1) is 113. The molecule has 0 aromatic rings. The molecule has 11 saturated heterocycles. The third kappa shape index (κ3) is 117. The van der Waals surface area contributed by atoms with E-state index in [9.17, 15) is 9.59 Å². The minimum absolute atomic E-state index is 0.0625. The van der Waals surface area contributed by atoms with Gasteiger partial charge in [-0.3, -0.25) is 0 Å². The molecule has 1 unspecified atom stereocenters. The molecular weight excluding hydrogens is 1220 g/mol. The summed E-state index contributed by atoms with van der Waals surface area (Å²) in [6.07, 6.45) is 22.5. The number of likely N-dealkylation sites (N-methyl/N-ethyl adjacent to an activating group) is 1. The Balaban J connectivity index is -0.0000000995. The standard InChI is InChI=1S/C5H11N.C5H9N.C4H10N2.2C4H7NO2.C4H9NO.C4H9NS.C4H9N.2C4H8O.C4H8S.C3H8N2.C3H6N2.10C2H6/c2*1-2-4-6-5-3-1;1-2-6-4-3-5-1;1-5-2-3-7-4(5)6;1-3-2-5-4(6)7-3;2*1-3-6-4-2-5-1;1-2-4-5-3-1;1-4-2-5-3-4;2*1-2-4-5-3-1;2*1-2-5-3-4-1;10*1-2/h6H,1-5H2;2,4,6H,1,3,5H2;5-6H,1-4H2;2-3H2,1H3;3H,2H2,1H3,(H,5,6);2*5H,1-4H2;5H,1-4H2;4H,2-3H2,1H3;2*1-4H2;4-5H,1-3H2;1-2,4-5H,3H2;10*1-2H3. The number of carbonyl (C=O) groups excluding carboxylic acids is 2. The molecule has 13 heterocycles. The van der Waals surface area contributed by atoms with Crippen molar-refractivity contribution in [2.24, 2.45) is 5.92 Å². The van der Waals surface area contributed by atoms with Crippen molar-refractivity contribution in [3.63, 3.8) is 0 Å². The molecule has 0 aliphatic carbocycles. The van der Waals surface area contributed by atoms with E-state index < -0.39 is 0 Å². The number of cyclic esters (lactones) is 2. The second-order valence-electron chi connectivity index (χ2n) is 18.5. The number of hydrogen-bond donors (Lipinski definition) is 12. The van der Waals surface area contributed by atoms with E-state index in [1.54, 1.807) is 11.9 Å². The number of carbonyl (C=O) groups is 2. The summed E-state index contributed by atoms with van der Waals surface area (Å²) >= 11 is 4.11. The van der Waals surface area contributed by atoms with Gasteiger partial charge in [0.1, 0.15) is 12.7 Å². The molecule has 0 aromatic heterocycles. The summed E-state index contributed by atoms with van der Waals surface area (Å²) in [6, 6.07) is 0. The summed E-state index contributed by atoms with van der Waals surface area (Å²) < 4.78 is 23.9. The Morgan fingerprint density at radius 3 is 0.926 bits per heavy atom. The van der Waals surface area contributed by atoms with Crippen LogP contribution in [0.2, 0.25) is 0 Å². The highest BCUT2D eigenvalue weighted by Gasteiger charge is 2.17. The predicted octanol–water partition coefficient (Wildman–Crippen LogP) is 13.3. The van der Waals surface area contributed by atoms with Gasteiger partial charge in [-0.15, -0.1) is 0 Å². The van der Waals surface area contributed by atoms with E-state index >= 15 is 0 Å².